The van der Waals surface area contributed by atoms with E-state index < -0.39 is 6.10 Å². The largest absolute Gasteiger partial charge is 0.484 e. The molecule has 1 fully saturated rings. The third-order valence-electron chi connectivity index (χ3n) is 5.06. The fourth-order valence-corrected chi connectivity index (χ4v) is 3.28. The maximum absolute atomic E-state index is 12.3. The molecular weight excluding hydrogens is 368 g/mol. The van der Waals surface area contributed by atoms with Crippen LogP contribution in [0, 0.1) is 5.92 Å². The molecule has 6 heteroatoms. The van der Waals surface area contributed by atoms with Crippen LogP contribution in [0.5, 0.6) is 11.5 Å². The van der Waals surface area contributed by atoms with Crippen LogP contribution in [0.25, 0.3) is 0 Å². The summed E-state index contributed by atoms with van der Waals surface area (Å²) >= 11 is 0. The first-order valence-corrected chi connectivity index (χ1v) is 10.1. The Morgan fingerprint density at radius 2 is 1.59 bits per heavy atom. The van der Waals surface area contributed by atoms with Crippen molar-refractivity contribution in [2.24, 2.45) is 5.92 Å². The Labute approximate surface area is 171 Å². The van der Waals surface area contributed by atoms with Gasteiger partial charge in [0.2, 0.25) is 0 Å². The number of ether oxygens (including phenoxy) is 2. The van der Waals surface area contributed by atoms with Crippen molar-refractivity contribution in [2.75, 3.05) is 26.2 Å². The monoisotopic (exact) mass is 396 g/mol. The molecule has 6 nitrogen and oxygen atoms in total. The molecule has 2 aromatic carbocycles. The van der Waals surface area contributed by atoms with E-state index in [9.17, 15) is 9.59 Å². The van der Waals surface area contributed by atoms with E-state index in [1.807, 2.05) is 65.6 Å². The molecule has 29 heavy (non-hydrogen) atoms. The highest BCUT2D eigenvalue weighted by Crippen LogP contribution is 2.17. The van der Waals surface area contributed by atoms with Crippen LogP contribution in [0.15, 0.2) is 60.7 Å². The number of nitrogens with one attached hydrogen (secondary N) is 1. The molecule has 0 aromatic heterocycles. The number of likely N-dealkylation sites (tertiary alicyclic amines) is 1. The predicted octanol–water partition coefficient (Wildman–Crippen LogP) is 2.89. The topological polar surface area (TPSA) is 67.9 Å². The molecule has 154 valence electrons. The minimum atomic E-state index is -0.547. The van der Waals surface area contributed by atoms with Crippen LogP contribution in [-0.4, -0.2) is 49.1 Å². The number of hydrogen-bond acceptors (Lipinski definition) is 4. The van der Waals surface area contributed by atoms with Crippen LogP contribution in [0.4, 0.5) is 0 Å². The molecule has 1 atom stereocenters. The highest BCUT2D eigenvalue weighted by atomic mass is 16.5. The fourth-order valence-electron chi connectivity index (χ4n) is 3.28. The summed E-state index contributed by atoms with van der Waals surface area (Å²) in [5, 5.41) is 2.97. The highest BCUT2D eigenvalue weighted by molar-refractivity contribution is 5.80. The van der Waals surface area contributed by atoms with Gasteiger partial charge in [0.15, 0.2) is 12.7 Å². The van der Waals surface area contributed by atoms with Crippen LogP contribution >= 0.6 is 0 Å². The van der Waals surface area contributed by atoms with Gasteiger partial charge in [-0.3, -0.25) is 9.59 Å². The van der Waals surface area contributed by atoms with Gasteiger partial charge in [-0.15, -0.1) is 0 Å². The van der Waals surface area contributed by atoms with Gasteiger partial charge in [0.05, 0.1) is 0 Å². The van der Waals surface area contributed by atoms with E-state index >= 15 is 0 Å². The standard InChI is InChI=1S/C23H28N2O4/c1-18(29-21-10-6-3-7-11-21)23(27)24-16-19-12-14-25(15-13-19)22(26)17-28-20-8-4-2-5-9-20/h2-11,18-19H,12-17H2,1H3,(H,24,27). The molecule has 1 aliphatic rings. The molecule has 0 aliphatic carbocycles. The van der Waals surface area contributed by atoms with Crippen LogP contribution in [0.2, 0.25) is 0 Å². The van der Waals surface area contributed by atoms with Crippen molar-refractivity contribution in [3.63, 3.8) is 0 Å². The van der Waals surface area contributed by atoms with Crippen molar-refractivity contribution in [3.8, 4) is 11.5 Å². The van der Waals surface area contributed by atoms with Gasteiger partial charge >= 0.3 is 0 Å². The van der Waals surface area contributed by atoms with Crippen LogP contribution < -0.4 is 14.8 Å². The first-order chi connectivity index (χ1) is 14.1. The molecule has 2 aromatic rings. The van der Waals surface area contributed by atoms with Crippen molar-refractivity contribution < 1.29 is 19.1 Å². The summed E-state index contributed by atoms with van der Waals surface area (Å²) in [5.74, 6) is 1.62. The molecule has 1 heterocycles. The normalized spacial score (nSPS) is 15.4. The maximum atomic E-state index is 12.3. The molecule has 0 spiro atoms. The molecule has 1 N–H and O–H groups in total. The molecule has 0 saturated carbocycles. The van der Waals surface area contributed by atoms with E-state index in [-0.39, 0.29) is 18.4 Å². The van der Waals surface area contributed by atoms with Crippen molar-refractivity contribution >= 4 is 11.8 Å². The summed E-state index contributed by atoms with van der Waals surface area (Å²) in [6, 6.07) is 18.7. The number of carbonyl (C=O) groups is 2. The van der Waals surface area contributed by atoms with Gasteiger partial charge in [-0.05, 0) is 49.9 Å². The molecular formula is C23H28N2O4. The summed E-state index contributed by atoms with van der Waals surface area (Å²) in [7, 11) is 0. The van der Waals surface area contributed by atoms with E-state index in [1.54, 1.807) is 6.92 Å². The minimum absolute atomic E-state index is 0.00113. The Hall–Kier alpha value is -3.02. The van der Waals surface area contributed by atoms with E-state index in [1.165, 1.54) is 0 Å². The van der Waals surface area contributed by atoms with Gasteiger partial charge < -0.3 is 19.7 Å². The van der Waals surface area contributed by atoms with Gasteiger partial charge in [0.1, 0.15) is 11.5 Å². The first kappa shape index (κ1) is 20.7. The lowest BCUT2D eigenvalue weighted by Crippen LogP contribution is -2.44. The first-order valence-electron chi connectivity index (χ1n) is 10.1. The zero-order chi connectivity index (χ0) is 20.5. The summed E-state index contributed by atoms with van der Waals surface area (Å²) in [5.41, 5.74) is 0. The lowest BCUT2D eigenvalue weighted by molar-refractivity contribution is -0.135. The van der Waals surface area contributed by atoms with Gasteiger partial charge in [0.25, 0.3) is 11.8 Å². The molecule has 0 bridgehead atoms. The van der Waals surface area contributed by atoms with Crippen LogP contribution in [0.3, 0.4) is 0 Å². The average molecular weight is 396 g/mol. The Bertz CT molecular complexity index is 774. The van der Waals surface area contributed by atoms with Crippen LogP contribution in [0.1, 0.15) is 19.8 Å². The van der Waals surface area contributed by atoms with Crippen molar-refractivity contribution in [1.29, 1.82) is 0 Å². The summed E-state index contributed by atoms with van der Waals surface area (Å²) in [6.07, 6.45) is 1.19. The van der Waals surface area contributed by atoms with Gasteiger partial charge in [-0.2, -0.15) is 0 Å². The highest BCUT2D eigenvalue weighted by Gasteiger charge is 2.24. The Kier molecular flexibility index (Phi) is 7.50. The summed E-state index contributed by atoms with van der Waals surface area (Å²) in [4.78, 5) is 26.4. The summed E-state index contributed by atoms with van der Waals surface area (Å²) < 4.78 is 11.2. The van der Waals surface area contributed by atoms with Gasteiger partial charge in [0, 0.05) is 19.6 Å². The third-order valence-corrected chi connectivity index (χ3v) is 5.06. The van der Waals surface area contributed by atoms with Crippen molar-refractivity contribution in [3.05, 3.63) is 60.7 Å². The molecule has 1 unspecified atom stereocenters. The number of amides is 2. The predicted molar refractivity (Wildman–Crippen MR) is 111 cm³/mol. The number of benzene rings is 2. The Morgan fingerprint density at radius 1 is 1.00 bits per heavy atom. The SMILES string of the molecule is CC(Oc1ccccc1)C(=O)NCC1CCN(C(=O)COc2ccccc2)CC1. The fraction of sp³-hybridized carbons (Fsp3) is 0.391. The van der Waals surface area contributed by atoms with E-state index in [0.29, 0.717) is 37.1 Å². The van der Waals surface area contributed by atoms with E-state index in [2.05, 4.69) is 5.32 Å². The second-order valence-electron chi connectivity index (χ2n) is 7.24. The lowest BCUT2D eigenvalue weighted by Gasteiger charge is -2.32. The summed E-state index contributed by atoms with van der Waals surface area (Å²) in [6.45, 7) is 3.78. The van der Waals surface area contributed by atoms with Gasteiger partial charge in [-0.1, -0.05) is 36.4 Å². The van der Waals surface area contributed by atoms with Crippen LogP contribution in [-0.2, 0) is 9.59 Å². The second-order valence-corrected chi connectivity index (χ2v) is 7.24. The Balaban J connectivity index is 1.34. The molecule has 1 saturated heterocycles. The number of carbonyl (C=O) groups excluding carboxylic acids is 2. The number of para-hydroxylation sites is 2. The van der Waals surface area contributed by atoms with E-state index in [0.717, 1.165) is 12.8 Å². The average Bonchev–Trinajstić information content (AvgIpc) is 2.77. The number of rotatable bonds is 8. The number of piperidine rings is 1. The zero-order valence-electron chi connectivity index (χ0n) is 16.8. The second kappa shape index (κ2) is 10.5. The minimum Gasteiger partial charge on any atom is -0.484 e. The zero-order valence-corrected chi connectivity index (χ0v) is 16.8. The smallest absolute Gasteiger partial charge is 0.260 e. The molecule has 0 radical (unpaired) electrons. The third kappa shape index (κ3) is 6.52. The van der Waals surface area contributed by atoms with Gasteiger partial charge in [-0.25, -0.2) is 0 Å². The molecule has 1 aliphatic heterocycles. The van der Waals surface area contributed by atoms with Crippen molar-refractivity contribution in [1.82, 2.24) is 10.2 Å². The molecule has 2 amide bonds. The Morgan fingerprint density at radius 3 is 2.21 bits per heavy atom. The lowest BCUT2D eigenvalue weighted by atomic mass is 9.96. The number of hydrogen-bond donors (Lipinski definition) is 1. The quantitative estimate of drug-likeness (QED) is 0.745. The van der Waals surface area contributed by atoms with E-state index in [4.69, 9.17) is 9.47 Å². The number of nitrogens with zero attached hydrogens (tertiary/aromatic N) is 1. The van der Waals surface area contributed by atoms with Crippen molar-refractivity contribution in [2.45, 2.75) is 25.9 Å². The molecule has 3 rings (SSSR count). The maximum Gasteiger partial charge on any atom is 0.260 e.